The molecule has 24 heavy (non-hydrogen) atoms. The minimum Gasteiger partial charge on any atom is -0.320 e. The predicted octanol–water partition coefficient (Wildman–Crippen LogP) is 2.51. The minimum absolute atomic E-state index is 0.381. The molecule has 1 aromatic carbocycles. The van der Waals surface area contributed by atoms with Gasteiger partial charge < -0.3 is 4.57 Å². The highest BCUT2D eigenvalue weighted by Crippen LogP contribution is 2.11. The maximum atomic E-state index is 12.3. The number of aromatic nitrogens is 4. The summed E-state index contributed by atoms with van der Waals surface area (Å²) in [6.45, 7) is 3.28. The maximum absolute atomic E-state index is 12.3. The van der Waals surface area contributed by atoms with Gasteiger partial charge in [0.25, 0.3) is 5.56 Å². The van der Waals surface area contributed by atoms with Gasteiger partial charge in [-0.1, -0.05) is 56.5 Å². The number of nitrogens with zero attached hydrogens (tertiary/aromatic N) is 3. The Morgan fingerprint density at radius 2 is 1.88 bits per heavy atom. The molecular formula is C18H22N4O2. The largest absolute Gasteiger partial charge is 0.330 e. The van der Waals surface area contributed by atoms with Gasteiger partial charge in [0.1, 0.15) is 0 Å². The first-order chi connectivity index (χ1) is 11.7. The molecule has 2 heterocycles. The third-order valence-electron chi connectivity index (χ3n) is 4.19. The van der Waals surface area contributed by atoms with Crippen LogP contribution < -0.4 is 11.2 Å². The average molecular weight is 326 g/mol. The maximum Gasteiger partial charge on any atom is 0.330 e. The van der Waals surface area contributed by atoms with Gasteiger partial charge in [-0.15, -0.1) is 0 Å². The highest BCUT2D eigenvalue weighted by Gasteiger charge is 2.13. The van der Waals surface area contributed by atoms with Crippen molar-refractivity contribution in [2.24, 2.45) is 0 Å². The Kier molecular flexibility index (Phi) is 4.93. The van der Waals surface area contributed by atoms with E-state index < -0.39 is 0 Å². The summed E-state index contributed by atoms with van der Waals surface area (Å²) in [5.41, 5.74) is 1.24. The smallest absolute Gasteiger partial charge is 0.320 e. The number of hydrogen-bond donors (Lipinski definition) is 1. The van der Waals surface area contributed by atoms with E-state index in [1.54, 1.807) is 15.5 Å². The number of benzene rings is 1. The molecule has 1 N–H and O–H groups in total. The van der Waals surface area contributed by atoms with Crippen LogP contribution in [0.2, 0.25) is 0 Å². The Morgan fingerprint density at radius 3 is 2.62 bits per heavy atom. The summed E-state index contributed by atoms with van der Waals surface area (Å²) in [6.07, 6.45) is 5.88. The van der Waals surface area contributed by atoms with Crippen LogP contribution in [0.1, 0.15) is 38.2 Å². The van der Waals surface area contributed by atoms with Crippen LogP contribution >= 0.6 is 0 Å². The summed E-state index contributed by atoms with van der Waals surface area (Å²) < 4.78 is 3.37. The van der Waals surface area contributed by atoms with Crippen LogP contribution in [0.3, 0.4) is 0 Å². The Morgan fingerprint density at radius 1 is 1.08 bits per heavy atom. The number of rotatable bonds is 7. The van der Waals surface area contributed by atoms with Crippen LogP contribution in [0.4, 0.5) is 0 Å². The van der Waals surface area contributed by atoms with Crippen molar-refractivity contribution in [3.8, 4) is 0 Å². The van der Waals surface area contributed by atoms with Crippen molar-refractivity contribution in [2.75, 3.05) is 0 Å². The van der Waals surface area contributed by atoms with Gasteiger partial charge in [0.15, 0.2) is 11.2 Å². The lowest BCUT2D eigenvalue weighted by molar-refractivity contribution is 0.571. The van der Waals surface area contributed by atoms with E-state index in [0.29, 0.717) is 24.3 Å². The fourth-order valence-corrected chi connectivity index (χ4v) is 2.93. The van der Waals surface area contributed by atoms with Gasteiger partial charge in [-0.05, 0) is 12.0 Å². The van der Waals surface area contributed by atoms with Gasteiger partial charge >= 0.3 is 5.69 Å². The normalized spacial score (nSPS) is 11.2. The van der Waals surface area contributed by atoms with Crippen LogP contribution in [-0.4, -0.2) is 19.1 Å². The molecule has 2 aromatic heterocycles. The first-order valence-corrected chi connectivity index (χ1v) is 8.42. The molecule has 6 heteroatoms. The number of nitrogens with one attached hydrogen (secondary N) is 1. The molecular weight excluding hydrogens is 304 g/mol. The Hall–Kier alpha value is -2.63. The SMILES string of the molecule is CCCCCCn1c(=O)[nH]c(=O)c2c1ncn2Cc1ccccc1. The van der Waals surface area contributed by atoms with Crippen LogP contribution in [0, 0.1) is 0 Å². The molecule has 126 valence electrons. The molecule has 0 atom stereocenters. The number of H-pyrrole nitrogens is 1. The van der Waals surface area contributed by atoms with Gasteiger partial charge in [-0.25, -0.2) is 9.78 Å². The number of hydrogen-bond acceptors (Lipinski definition) is 3. The Balaban J connectivity index is 1.96. The van der Waals surface area contributed by atoms with Crippen LogP contribution in [-0.2, 0) is 13.1 Å². The second-order valence-electron chi connectivity index (χ2n) is 6.00. The number of fused-ring (bicyclic) bond motifs is 1. The zero-order chi connectivity index (χ0) is 16.9. The molecule has 0 unspecified atom stereocenters. The number of aryl methyl sites for hydroxylation is 1. The lowest BCUT2D eigenvalue weighted by Crippen LogP contribution is -2.31. The molecule has 3 rings (SSSR count). The van der Waals surface area contributed by atoms with E-state index in [1.807, 2.05) is 30.3 Å². The molecule has 6 nitrogen and oxygen atoms in total. The summed E-state index contributed by atoms with van der Waals surface area (Å²) in [5, 5.41) is 0. The topological polar surface area (TPSA) is 72.7 Å². The Bertz CT molecular complexity index is 922. The Labute approximate surface area is 139 Å². The van der Waals surface area contributed by atoms with Crippen molar-refractivity contribution >= 4 is 11.2 Å². The third-order valence-corrected chi connectivity index (χ3v) is 4.19. The highest BCUT2D eigenvalue weighted by atomic mass is 16.2. The van der Waals surface area contributed by atoms with E-state index in [-0.39, 0.29) is 11.2 Å². The van der Waals surface area contributed by atoms with Crippen molar-refractivity contribution < 1.29 is 0 Å². The fourth-order valence-electron chi connectivity index (χ4n) is 2.93. The minimum atomic E-state index is -0.381. The number of unbranched alkanes of at least 4 members (excludes halogenated alkanes) is 3. The van der Waals surface area contributed by atoms with Gasteiger partial charge in [-0.3, -0.25) is 14.3 Å². The first-order valence-electron chi connectivity index (χ1n) is 8.42. The van der Waals surface area contributed by atoms with Crippen LogP contribution in [0.15, 0.2) is 46.2 Å². The third kappa shape index (κ3) is 3.32. The van der Waals surface area contributed by atoms with Crippen molar-refractivity contribution in [3.05, 3.63) is 63.1 Å². The molecule has 0 aliphatic carbocycles. The summed E-state index contributed by atoms with van der Waals surface area (Å²) in [6, 6.07) is 9.88. The predicted molar refractivity (Wildman–Crippen MR) is 94.3 cm³/mol. The molecule has 0 bridgehead atoms. The van der Waals surface area contributed by atoms with Crippen molar-refractivity contribution in [1.29, 1.82) is 0 Å². The van der Waals surface area contributed by atoms with Crippen molar-refractivity contribution in [3.63, 3.8) is 0 Å². The zero-order valence-electron chi connectivity index (χ0n) is 13.9. The monoisotopic (exact) mass is 326 g/mol. The van der Waals surface area contributed by atoms with E-state index in [1.165, 1.54) is 0 Å². The molecule has 0 amide bonds. The molecule has 0 radical (unpaired) electrons. The quantitative estimate of drug-likeness (QED) is 0.678. The fraction of sp³-hybridized carbons (Fsp3) is 0.389. The van der Waals surface area contributed by atoms with Gasteiger partial charge in [0.05, 0.1) is 6.33 Å². The second-order valence-corrected chi connectivity index (χ2v) is 6.00. The van der Waals surface area contributed by atoms with E-state index in [9.17, 15) is 9.59 Å². The molecule has 0 saturated heterocycles. The second kappa shape index (κ2) is 7.29. The number of imidazole rings is 1. The summed E-state index contributed by atoms with van der Waals surface area (Å²) in [7, 11) is 0. The summed E-state index contributed by atoms with van der Waals surface area (Å²) in [5.74, 6) is 0. The van der Waals surface area contributed by atoms with Crippen LogP contribution in [0.25, 0.3) is 11.2 Å². The van der Waals surface area contributed by atoms with Crippen molar-refractivity contribution in [2.45, 2.75) is 45.7 Å². The average Bonchev–Trinajstić information content (AvgIpc) is 2.99. The summed E-state index contributed by atoms with van der Waals surface area (Å²) >= 11 is 0. The van der Waals surface area contributed by atoms with E-state index in [0.717, 1.165) is 31.2 Å². The van der Waals surface area contributed by atoms with Gasteiger partial charge in [0, 0.05) is 13.1 Å². The van der Waals surface area contributed by atoms with E-state index in [4.69, 9.17) is 0 Å². The van der Waals surface area contributed by atoms with Gasteiger partial charge in [0.2, 0.25) is 0 Å². The molecule has 0 saturated carbocycles. The standard InChI is InChI=1S/C18H22N4O2/c1-2-3-4-8-11-22-16-15(17(23)20-18(22)24)21(13-19-16)12-14-9-6-5-7-10-14/h5-7,9-10,13H,2-4,8,11-12H2,1H3,(H,20,23,24). The molecule has 0 aliphatic heterocycles. The van der Waals surface area contributed by atoms with Crippen molar-refractivity contribution in [1.82, 2.24) is 19.1 Å². The molecule has 3 aromatic rings. The van der Waals surface area contributed by atoms with E-state index >= 15 is 0 Å². The van der Waals surface area contributed by atoms with Crippen LogP contribution in [0.5, 0.6) is 0 Å². The lowest BCUT2D eigenvalue weighted by atomic mass is 10.2. The molecule has 0 spiro atoms. The van der Waals surface area contributed by atoms with E-state index in [2.05, 4.69) is 16.9 Å². The lowest BCUT2D eigenvalue weighted by Gasteiger charge is -2.07. The summed E-state index contributed by atoms with van der Waals surface area (Å²) in [4.78, 5) is 31.2. The first kappa shape index (κ1) is 16.2. The molecule has 0 fully saturated rings. The molecule has 0 aliphatic rings. The number of aromatic amines is 1. The zero-order valence-corrected chi connectivity index (χ0v) is 13.9. The van der Waals surface area contributed by atoms with Gasteiger partial charge in [-0.2, -0.15) is 0 Å². The highest BCUT2D eigenvalue weighted by molar-refractivity contribution is 5.70.